The van der Waals surface area contributed by atoms with Crippen LogP contribution in [0.2, 0.25) is 0 Å². The second kappa shape index (κ2) is 6.11. The van der Waals surface area contributed by atoms with Crippen molar-refractivity contribution in [2.45, 2.75) is 64.5 Å². The van der Waals surface area contributed by atoms with Crippen molar-refractivity contribution in [3.8, 4) is 0 Å². The van der Waals surface area contributed by atoms with Gasteiger partial charge in [-0.2, -0.15) is 0 Å². The number of rotatable bonds is 5. The minimum absolute atomic E-state index is 0.278. The first-order valence-electron chi connectivity index (χ1n) is 6.12. The van der Waals surface area contributed by atoms with E-state index in [1.165, 1.54) is 0 Å². The van der Waals surface area contributed by atoms with Crippen LogP contribution in [0.25, 0.3) is 0 Å². The normalized spacial score (nSPS) is 23.1. The maximum atomic E-state index is 11.8. The van der Waals surface area contributed by atoms with E-state index in [1.54, 1.807) is 6.92 Å². The molecule has 1 N–H and O–H groups in total. The maximum Gasteiger partial charge on any atom is 0.222 e. The number of aliphatic hydroxyl groups is 1. The molecule has 0 aromatic carbocycles. The van der Waals surface area contributed by atoms with Gasteiger partial charge in [0.25, 0.3) is 0 Å². The number of aliphatic hydroxyl groups excluding tert-OH is 1. The molecule has 15 heavy (non-hydrogen) atoms. The van der Waals surface area contributed by atoms with Gasteiger partial charge < -0.3 is 10.0 Å². The summed E-state index contributed by atoms with van der Waals surface area (Å²) in [5.74, 6) is 0.278. The summed E-state index contributed by atoms with van der Waals surface area (Å²) in [6.45, 7) is 4.79. The molecule has 0 saturated carbocycles. The number of carbonyl (C=O) groups is 1. The van der Waals surface area contributed by atoms with Gasteiger partial charge >= 0.3 is 0 Å². The molecule has 3 heteroatoms. The van der Waals surface area contributed by atoms with Crippen molar-refractivity contribution in [2.24, 2.45) is 0 Å². The first kappa shape index (κ1) is 12.5. The molecule has 2 unspecified atom stereocenters. The van der Waals surface area contributed by atoms with Crippen LogP contribution in [0.1, 0.15) is 52.4 Å². The third-order valence-electron chi connectivity index (χ3n) is 3.05. The molecule has 0 spiro atoms. The topological polar surface area (TPSA) is 40.5 Å². The van der Waals surface area contributed by atoms with Crippen LogP contribution < -0.4 is 0 Å². The molecule has 0 aliphatic carbocycles. The molecule has 2 atom stereocenters. The van der Waals surface area contributed by atoms with E-state index in [-0.39, 0.29) is 18.1 Å². The lowest BCUT2D eigenvalue weighted by atomic mass is 10.1. The van der Waals surface area contributed by atoms with Crippen LogP contribution >= 0.6 is 0 Å². The molecule has 0 aromatic rings. The lowest BCUT2D eigenvalue weighted by Crippen LogP contribution is -2.37. The molecule has 0 radical (unpaired) electrons. The molecule has 1 fully saturated rings. The Morgan fingerprint density at radius 3 is 2.93 bits per heavy atom. The average molecular weight is 213 g/mol. The zero-order valence-electron chi connectivity index (χ0n) is 9.91. The number of likely N-dealkylation sites (tertiary alicyclic amines) is 1. The predicted octanol–water partition coefficient (Wildman–Crippen LogP) is 1.94. The molecule has 1 amide bonds. The lowest BCUT2D eigenvalue weighted by molar-refractivity contribution is -0.132. The minimum atomic E-state index is -0.297. The van der Waals surface area contributed by atoms with Gasteiger partial charge in [-0.3, -0.25) is 4.79 Å². The maximum absolute atomic E-state index is 11.8. The Balaban J connectivity index is 2.41. The Hall–Kier alpha value is -0.570. The van der Waals surface area contributed by atoms with E-state index >= 15 is 0 Å². The van der Waals surface area contributed by atoms with E-state index in [0.29, 0.717) is 6.42 Å². The van der Waals surface area contributed by atoms with Crippen molar-refractivity contribution in [3.05, 3.63) is 0 Å². The van der Waals surface area contributed by atoms with Crippen molar-refractivity contribution < 1.29 is 9.90 Å². The van der Waals surface area contributed by atoms with Crippen LogP contribution in [0.15, 0.2) is 0 Å². The van der Waals surface area contributed by atoms with Crippen molar-refractivity contribution in [1.82, 2.24) is 4.90 Å². The van der Waals surface area contributed by atoms with Crippen LogP contribution in [0.3, 0.4) is 0 Å². The smallest absolute Gasteiger partial charge is 0.222 e. The van der Waals surface area contributed by atoms with Crippen LogP contribution in [0, 0.1) is 0 Å². The van der Waals surface area contributed by atoms with Gasteiger partial charge in [-0.1, -0.05) is 13.3 Å². The molecule has 3 nitrogen and oxygen atoms in total. The number of unbranched alkanes of at least 4 members (excludes halogenated alkanes) is 1. The van der Waals surface area contributed by atoms with Crippen molar-refractivity contribution in [3.63, 3.8) is 0 Å². The first-order chi connectivity index (χ1) is 7.15. The van der Waals surface area contributed by atoms with E-state index in [0.717, 1.165) is 38.6 Å². The number of hydrogen-bond acceptors (Lipinski definition) is 2. The van der Waals surface area contributed by atoms with Gasteiger partial charge in [0.15, 0.2) is 0 Å². The Morgan fingerprint density at radius 2 is 2.33 bits per heavy atom. The summed E-state index contributed by atoms with van der Waals surface area (Å²) in [4.78, 5) is 13.8. The summed E-state index contributed by atoms with van der Waals surface area (Å²) < 4.78 is 0. The van der Waals surface area contributed by atoms with Gasteiger partial charge in [-0.15, -0.1) is 0 Å². The Labute approximate surface area is 92.5 Å². The highest BCUT2D eigenvalue weighted by atomic mass is 16.3. The molecule has 0 aromatic heterocycles. The number of hydrogen-bond donors (Lipinski definition) is 1. The van der Waals surface area contributed by atoms with Crippen LogP contribution in [0.4, 0.5) is 0 Å². The molecule has 1 saturated heterocycles. The quantitative estimate of drug-likeness (QED) is 0.758. The fourth-order valence-corrected chi connectivity index (χ4v) is 2.27. The van der Waals surface area contributed by atoms with Crippen molar-refractivity contribution >= 4 is 5.91 Å². The fourth-order valence-electron chi connectivity index (χ4n) is 2.27. The number of amides is 1. The highest BCUT2D eigenvalue weighted by Gasteiger charge is 2.28. The van der Waals surface area contributed by atoms with Gasteiger partial charge in [-0.25, -0.2) is 0 Å². The van der Waals surface area contributed by atoms with E-state index in [9.17, 15) is 9.90 Å². The van der Waals surface area contributed by atoms with Gasteiger partial charge in [0, 0.05) is 19.0 Å². The third-order valence-corrected chi connectivity index (χ3v) is 3.05. The van der Waals surface area contributed by atoms with E-state index in [4.69, 9.17) is 0 Å². The monoisotopic (exact) mass is 213 g/mol. The van der Waals surface area contributed by atoms with Gasteiger partial charge in [0.1, 0.15) is 0 Å². The summed E-state index contributed by atoms with van der Waals surface area (Å²) >= 11 is 0. The van der Waals surface area contributed by atoms with Gasteiger partial charge in [0.05, 0.1) is 6.10 Å². The van der Waals surface area contributed by atoms with Crippen LogP contribution in [0.5, 0.6) is 0 Å². The molecule has 1 aliphatic heterocycles. The zero-order valence-corrected chi connectivity index (χ0v) is 9.91. The summed E-state index contributed by atoms with van der Waals surface area (Å²) in [5.41, 5.74) is 0. The second-order valence-electron chi connectivity index (χ2n) is 4.57. The van der Waals surface area contributed by atoms with E-state index in [2.05, 4.69) is 6.92 Å². The number of carbonyl (C=O) groups excluding carboxylic acids is 1. The van der Waals surface area contributed by atoms with Crippen molar-refractivity contribution in [1.29, 1.82) is 0 Å². The van der Waals surface area contributed by atoms with E-state index in [1.807, 2.05) is 4.90 Å². The summed E-state index contributed by atoms with van der Waals surface area (Å²) in [5, 5.41) is 9.35. The predicted molar refractivity (Wildman–Crippen MR) is 60.6 cm³/mol. The van der Waals surface area contributed by atoms with E-state index < -0.39 is 0 Å². The lowest BCUT2D eigenvalue weighted by Gasteiger charge is -2.25. The standard InChI is InChI=1S/C12H23NO2/c1-3-4-7-12(15)13-8-5-6-11(13)9-10(2)14/h10-11,14H,3-9H2,1-2H3. The molecule has 0 bridgehead atoms. The van der Waals surface area contributed by atoms with Crippen molar-refractivity contribution in [2.75, 3.05) is 6.54 Å². The largest absolute Gasteiger partial charge is 0.393 e. The fraction of sp³-hybridized carbons (Fsp3) is 0.917. The molecule has 88 valence electrons. The van der Waals surface area contributed by atoms with Crippen LogP contribution in [-0.4, -0.2) is 34.6 Å². The summed E-state index contributed by atoms with van der Waals surface area (Å²) in [6, 6.07) is 0.286. The number of nitrogens with zero attached hydrogens (tertiary/aromatic N) is 1. The van der Waals surface area contributed by atoms with Gasteiger partial charge in [0.2, 0.25) is 5.91 Å². The molecular weight excluding hydrogens is 190 g/mol. The summed E-state index contributed by atoms with van der Waals surface area (Å²) in [7, 11) is 0. The SMILES string of the molecule is CCCCC(=O)N1CCCC1CC(C)O. The molecule has 1 rings (SSSR count). The molecule has 1 aliphatic rings. The highest BCUT2D eigenvalue weighted by molar-refractivity contribution is 5.76. The Bertz CT molecular complexity index is 204. The highest BCUT2D eigenvalue weighted by Crippen LogP contribution is 2.22. The summed E-state index contributed by atoms with van der Waals surface area (Å²) in [6.07, 6.45) is 5.31. The molecular formula is C12H23NO2. The minimum Gasteiger partial charge on any atom is -0.393 e. The Kier molecular flexibility index (Phi) is 5.09. The third kappa shape index (κ3) is 3.82. The average Bonchev–Trinajstić information content (AvgIpc) is 2.61. The molecule has 1 heterocycles. The Morgan fingerprint density at radius 1 is 1.60 bits per heavy atom. The van der Waals surface area contributed by atoms with Gasteiger partial charge in [-0.05, 0) is 32.6 Å². The van der Waals surface area contributed by atoms with Crippen LogP contribution in [-0.2, 0) is 4.79 Å². The second-order valence-corrected chi connectivity index (χ2v) is 4.57. The first-order valence-corrected chi connectivity index (χ1v) is 6.12. The zero-order chi connectivity index (χ0) is 11.3.